The van der Waals surface area contributed by atoms with E-state index in [0.717, 1.165) is 36.7 Å². The maximum absolute atomic E-state index is 11.1. The zero-order chi connectivity index (χ0) is 15.1. The molecule has 22 heavy (non-hydrogen) atoms. The Morgan fingerprint density at radius 3 is 2.95 bits per heavy atom. The highest BCUT2D eigenvalue weighted by Gasteiger charge is 2.16. The van der Waals surface area contributed by atoms with Gasteiger partial charge in [-0.25, -0.2) is 0 Å². The van der Waals surface area contributed by atoms with Gasteiger partial charge in [0.15, 0.2) is 10.9 Å². The van der Waals surface area contributed by atoms with Crippen molar-refractivity contribution in [2.24, 2.45) is 4.99 Å². The molecular formula is C14H20ClN3O3S. The minimum Gasteiger partial charge on any atom is -0.487 e. The Balaban J connectivity index is 0.00000242. The van der Waals surface area contributed by atoms with Crippen molar-refractivity contribution in [3.63, 3.8) is 0 Å². The molecule has 0 radical (unpaired) electrons. The van der Waals surface area contributed by atoms with Crippen LogP contribution in [0.15, 0.2) is 23.2 Å². The Labute approximate surface area is 140 Å². The Morgan fingerprint density at radius 2 is 2.32 bits per heavy atom. The third kappa shape index (κ3) is 5.38. The molecule has 1 N–H and O–H groups in total. The van der Waals surface area contributed by atoms with E-state index in [1.165, 1.54) is 0 Å². The average Bonchev–Trinajstić information content (AvgIpc) is 2.99. The molecule has 0 atom stereocenters. The number of nitro benzene ring substituents is 1. The van der Waals surface area contributed by atoms with Crippen LogP contribution in [0.3, 0.4) is 0 Å². The number of ether oxygens (including phenoxy) is 1. The van der Waals surface area contributed by atoms with E-state index >= 15 is 0 Å². The molecule has 1 heterocycles. The highest BCUT2D eigenvalue weighted by atomic mass is 35.5. The molecule has 1 aliphatic rings. The van der Waals surface area contributed by atoms with Crippen LogP contribution in [0.5, 0.6) is 5.75 Å². The van der Waals surface area contributed by atoms with E-state index < -0.39 is 0 Å². The van der Waals surface area contributed by atoms with Crippen LogP contribution in [0.25, 0.3) is 0 Å². The zero-order valence-electron chi connectivity index (χ0n) is 12.4. The van der Waals surface area contributed by atoms with Crippen molar-refractivity contribution in [3.8, 4) is 5.75 Å². The van der Waals surface area contributed by atoms with Crippen LogP contribution in [0.4, 0.5) is 5.69 Å². The lowest BCUT2D eigenvalue weighted by atomic mass is 10.2. The van der Waals surface area contributed by atoms with Gasteiger partial charge in [-0.3, -0.25) is 15.1 Å². The number of amidine groups is 1. The van der Waals surface area contributed by atoms with E-state index in [9.17, 15) is 10.1 Å². The molecule has 0 saturated heterocycles. The van der Waals surface area contributed by atoms with Gasteiger partial charge in [0.05, 0.1) is 18.1 Å². The highest BCUT2D eigenvalue weighted by Crippen LogP contribution is 2.29. The number of thioether (sulfide) groups is 1. The van der Waals surface area contributed by atoms with Crippen molar-refractivity contribution in [2.75, 3.05) is 19.7 Å². The van der Waals surface area contributed by atoms with Crippen LogP contribution < -0.4 is 10.1 Å². The maximum atomic E-state index is 11.1. The van der Waals surface area contributed by atoms with Gasteiger partial charge in [0.25, 0.3) is 0 Å². The van der Waals surface area contributed by atoms with Crippen molar-refractivity contribution < 1.29 is 9.66 Å². The van der Waals surface area contributed by atoms with Gasteiger partial charge in [-0.1, -0.05) is 31.2 Å². The van der Waals surface area contributed by atoms with Gasteiger partial charge in [0.1, 0.15) is 0 Å². The van der Waals surface area contributed by atoms with Crippen molar-refractivity contribution in [1.82, 2.24) is 5.32 Å². The number of nitrogens with one attached hydrogen (secondary N) is 1. The van der Waals surface area contributed by atoms with E-state index in [4.69, 9.17) is 4.74 Å². The summed E-state index contributed by atoms with van der Waals surface area (Å²) in [7, 11) is 0. The van der Waals surface area contributed by atoms with Gasteiger partial charge < -0.3 is 10.1 Å². The molecule has 6 nitrogen and oxygen atoms in total. The molecule has 0 aliphatic carbocycles. The number of nitro groups is 1. The second kappa shape index (κ2) is 9.53. The molecule has 1 aliphatic heterocycles. The SMILES string of the molecule is CCCCOc1ccc(CSC2=NCCN2)cc1[N+](=O)[O-].Cl. The molecule has 122 valence electrons. The fourth-order valence-electron chi connectivity index (χ4n) is 1.87. The maximum Gasteiger partial charge on any atom is 0.311 e. The van der Waals surface area contributed by atoms with Gasteiger partial charge in [0, 0.05) is 18.4 Å². The number of hydrogen-bond donors (Lipinski definition) is 1. The van der Waals surface area contributed by atoms with E-state index in [-0.39, 0.29) is 23.0 Å². The summed E-state index contributed by atoms with van der Waals surface area (Å²) in [6.45, 7) is 4.23. The fraction of sp³-hybridized carbons (Fsp3) is 0.500. The first-order chi connectivity index (χ1) is 10.2. The highest BCUT2D eigenvalue weighted by molar-refractivity contribution is 8.13. The van der Waals surface area contributed by atoms with Crippen molar-refractivity contribution in [1.29, 1.82) is 0 Å². The number of rotatable bonds is 7. The first-order valence-corrected chi connectivity index (χ1v) is 8.00. The summed E-state index contributed by atoms with van der Waals surface area (Å²) in [5.74, 6) is 1.00. The van der Waals surface area contributed by atoms with Crippen LogP contribution in [0.1, 0.15) is 25.3 Å². The smallest absolute Gasteiger partial charge is 0.311 e. The first-order valence-electron chi connectivity index (χ1n) is 7.02. The summed E-state index contributed by atoms with van der Waals surface area (Å²) in [5, 5.41) is 15.2. The van der Waals surface area contributed by atoms with E-state index in [1.54, 1.807) is 23.9 Å². The minimum atomic E-state index is -0.388. The van der Waals surface area contributed by atoms with Crippen molar-refractivity contribution in [3.05, 3.63) is 33.9 Å². The number of aliphatic imine (C=N–C) groups is 1. The minimum absolute atomic E-state index is 0. The summed E-state index contributed by atoms with van der Waals surface area (Å²) in [4.78, 5) is 15.0. The van der Waals surface area contributed by atoms with Crippen LogP contribution in [-0.2, 0) is 5.75 Å². The molecule has 0 aromatic heterocycles. The van der Waals surface area contributed by atoms with Gasteiger partial charge in [0.2, 0.25) is 0 Å². The number of nitrogens with zero attached hydrogens (tertiary/aromatic N) is 2. The molecule has 0 bridgehead atoms. The summed E-state index contributed by atoms with van der Waals surface area (Å²) in [5.41, 5.74) is 0.927. The summed E-state index contributed by atoms with van der Waals surface area (Å²) in [6.07, 6.45) is 1.89. The zero-order valence-corrected chi connectivity index (χ0v) is 14.0. The number of halogens is 1. The first kappa shape index (κ1) is 18.6. The summed E-state index contributed by atoms with van der Waals surface area (Å²) < 4.78 is 5.49. The van der Waals surface area contributed by atoms with Gasteiger partial charge >= 0.3 is 5.69 Å². The molecule has 0 spiro atoms. The number of benzene rings is 1. The second-order valence-corrected chi connectivity index (χ2v) is 5.63. The van der Waals surface area contributed by atoms with Gasteiger partial charge in [-0.2, -0.15) is 0 Å². The molecule has 0 saturated carbocycles. The van der Waals surface area contributed by atoms with Crippen molar-refractivity contribution in [2.45, 2.75) is 25.5 Å². The molecule has 2 rings (SSSR count). The monoisotopic (exact) mass is 345 g/mol. The van der Waals surface area contributed by atoms with Crippen LogP contribution in [0, 0.1) is 10.1 Å². The molecular weight excluding hydrogens is 326 g/mol. The molecule has 1 aromatic carbocycles. The van der Waals surface area contributed by atoms with Gasteiger partial charge in [-0.15, -0.1) is 12.4 Å². The second-order valence-electron chi connectivity index (χ2n) is 4.66. The quantitative estimate of drug-likeness (QED) is 0.465. The molecule has 0 fully saturated rings. The van der Waals surface area contributed by atoms with Gasteiger partial charge in [-0.05, 0) is 18.1 Å². The largest absolute Gasteiger partial charge is 0.487 e. The Bertz CT molecular complexity index is 540. The number of hydrogen-bond acceptors (Lipinski definition) is 6. The lowest BCUT2D eigenvalue weighted by Gasteiger charge is -2.08. The summed E-state index contributed by atoms with van der Waals surface area (Å²) in [6, 6.07) is 5.15. The number of unbranched alkanes of at least 4 members (excludes halogenated alkanes) is 1. The fourth-order valence-corrected chi connectivity index (χ4v) is 2.74. The topological polar surface area (TPSA) is 76.8 Å². The predicted octanol–water partition coefficient (Wildman–Crippen LogP) is 3.39. The lowest BCUT2D eigenvalue weighted by molar-refractivity contribution is -0.385. The predicted molar refractivity (Wildman–Crippen MR) is 92.3 cm³/mol. The molecule has 1 aromatic rings. The normalized spacial score (nSPS) is 13.0. The third-order valence-corrected chi connectivity index (χ3v) is 4.02. The lowest BCUT2D eigenvalue weighted by Crippen LogP contribution is -2.15. The molecule has 0 amide bonds. The van der Waals surface area contributed by atoms with Crippen LogP contribution in [-0.4, -0.2) is 29.8 Å². The Hall–Kier alpha value is -1.47. The van der Waals surface area contributed by atoms with E-state index in [0.29, 0.717) is 18.1 Å². The standard InChI is InChI=1S/C14H19N3O3S.ClH/c1-2-3-8-20-13-5-4-11(9-12(13)17(18)19)10-21-14-15-6-7-16-14;/h4-5,9H,2-3,6-8,10H2,1H3,(H,15,16);1H. The molecule has 0 unspecified atom stereocenters. The van der Waals surface area contributed by atoms with Crippen molar-refractivity contribution >= 4 is 35.0 Å². The third-order valence-electron chi connectivity index (χ3n) is 2.99. The Kier molecular flexibility index (Phi) is 8.05. The van der Waals surface area contributed by atoms with Crippen LogP contribution in [0.2, 0.25) is 0 Å². The Morgan fingerprint density at radius 1 is 1.50 bits per heavy atom. The van der Waals surface area contributed by atoms with E-state index in [2.05, 4.69) is 17.2 Å². The molecule has 8 heteroatoms. The van der Waals surface area contributed by atoms with E-state index in [1.807, 2.05) is 6.07 Å². The summed E-state index contributed by atoms with van der Waals surface area (Å²) >= 11 is 1.56. The average molecular weight is 346 g/mol. The van der Waals surface area contributed by atoms with Crippen LogP contribution >= 0.6 is 24.2 Å².